The average molecular weight is 265 g/mol. The summed E-state index contributed by atoms with van der Waals surface area (Å²) in [6.07, 6.45) is 6.60. The van der Waals surface area contributed by atoms with E-state index in [1.807, 2.05) is 0 Å². The van der Waals surface area contributed by atoms with E-state index in [9.17, 15) is 0 Å². The van der Waals surface area contributed by atoms with Crippen molar-refractivity contribution in [3.63, 3.8) is 0 Å². The third-order valence-electron chi connectivity index (χ3n) is 5.07. The average Bonchev–Trinajstić information content (AvgIpc) is 2.54. The van der Waals surface area contributed by atoms with E-state index in [-0.39, 0.29) is 5.54 Å². The first-order chi connectivity index (χ1) is 8.94. The summed E-state index contributed by atoms with van der Waals surface area (Å²) in [5.41, 5.74) is 6.40. The molecule has 3 nitrogen and oxygen atoms in total. The van der Waals surface area contributed by atoms with Crippen molar-refractivity contribution in [1.82, 2.24) is 4.90 Å². The molecule has 1 spiro atoms. The van der Waals surface area contributed by atoms with E-state index in [1.165, 1.54) is 32.1 Å². The first kappa shape index (κ1) is 14.7. The Morgan fingerprint density at radius 3 is 2.63 bits per heavy atom. The number of hydrogen-bond acceptors (Lipinski definition) is 3. The van der Waals surface area contributed by atoms with Crippen molar-refractivity contribution in [1.29, 1.82) is 0 Å². The number of rotatable bonds is 3. The fraction of sp³-hybridized carbons (Fsp3) is 0.938. The smallest absolute Gasteiger partial charge is 0.191 e. The quantitative estimate of drug-likeness (QED) is 0.851. The van der Waals surface area contributed by atoms with E-state index in [0.29, 0.717) is 5.92 Å². The molecule has 0 aromatic rings. The van der Waals surface area contributed by atoms with Gasteiger partial charge in [-0.1, -0.05) is 40.5 Å². The normalized spacial score (nSPS) is 32.2. The van der Waals surface area contributed by atoms with Gasteiger partial charge in [-0.15, -0.1) is 0 Å². The van der Waals surface area contributed by atoms with Crippen molar-refractivity contribution in [2.75, 3.05) is 13.1 Å². The topological polar surface area (TPSA) is 41.6 Å². The lowest BCUT2D eigenvalue weighted by Gasteiger charge is -2.40. The highest BCUT2D eigenvalue weighted by Gasteiger charge is 2.43. The van der Waals surface area contributed by atoms with Gasteiger partial charge in [0.15, 0.2) is 5.96 Å². The van der Waals surface area contributed by atoms with Crippen LogP contribution in [0.25, 0.3) is 0 Å². The lowest BCUT2D eigenvalue weighted by molar-refractivity contribution is 0.157. The molecule has 1 heterocycles. The predicted molar refractivity (Wildman–Crippen MR) is 82.2 cm³/mol. The molecular formula is C16H31N3. The van der Waals surface area contributed by atoms with Gasteiger partial charge in [-0.25, -0.2) is 0 Å². The summed E-state index contributed by atoms with van der Waals surface area (Å²) in [4.78, 5) is 7.01. The summed E-state index contributed by atoms with van der Waals surface area (Å²) in [7, 11) is 0. The van der Waals surface area contributed by atoms with Crippen LogP contribution in [-0.4, -0.2) is 29.5 Å². The Balaban J connectivity index is 2.09. The fourth-order valence-electron chi connectivity index (χ4n) is 3.81. The number of nitrogens with two attached hydrogens (primary N) is 1. The van der Waals surface area contributed by atoms with Gasteiger partial charge >= 0.3 is 0 Å². The fourth-order valence-corrected chi connectivity index (χ4v) is 3.81. The van der Waals surface area contributed by atoms with E-state index < -0.39 is 0 Å². The molecule has 1 fully saturated rings. The molecular weight excluding hydrogens is 234 g/mol. The summed E-state index contributed by atoms with van der Waals surface area (Å²) in [6, 6.07) is 0. The van der Waals surface area contributed by atoms with Crippen LogP contribution in [0.2, 0.25) is 0 Å². The van der Waals surface area contributed by atoms with Gasteiger partial charge in [0.1, 0.15) is 0 Å². The van der Waals surface area contributed by atoms with E-state index >= 15 is 0 Å². The third kappa shape index (κ3) is 3.06. The van der Waals surface area contributed by atoms with Gasteiger partial charge < -0.3 is 10.6 Å². The number of nitrogens with zero attached hydrogens (tertiary/aromatic N) is 2. The second-order valence-corrected chi connectivity index (χ2v) is 7.34. The lowest BCUT2D eigenvalue weighted by Crippen LogP contribution is -2.52. The summed E-state index contributed by atoms with van der Waals surface area (Å²) in [5.74, 6) is 3.14. The molecule has 2 unspecified atom stereocenters. The molecule has 2 rings (SSSR count). The number of aliphatic imine (C=N–C) groups is 1. The number of guanidine groups is 1. The van der Waals surface area contributed by atoms with Crippen molar-refractivity contribution >= 4 is 5.96 Å². The molecule has 0 bridgehead atoms. The maximum absolute atomic E-state index is 6.15. The zero-order valence-electron chi connectivity index (χ0n) is 13.2. The van der Waals surface area contributed by atoms with Crippen molar-refractivity contribution in [3.8, 4) is 0 Å². The maximum Gasteiger partial charge on any atom is 0.191 e. The van der Waals surface area contributed by atoms with Gasteiger partial charge in [0.05, 0.1) is 12.1 Å². The highest BCUT2D eigenvalue weighted by molar-refractivity contribution is 5.81. The monoisotopic (exact) mass is 265 g/mol. The van der Waals surface area contributed by atoms with E-state index in [4.69, 9.17) is 5.73 Å². The van der Waals surface area contributed by atoms with Crippen molar-refractivity contribution in [3.05, 3.63) is 0 Å². The van der Waals surface area contributed by atoms with E-state index in [0.717, 1.165) is 30.9 Å². The summed E-state index contributed by atoms with van der Waals surface area (Å²) < 4.78 is 0. The summed E-state index contributed by atoms with van der Waals surface area (Å²) in [5, 5.41) is 0. The highest BCUT2D eigenvalue weighted by Crippen LogP contribution is 2.39. The molecule has 2 atom stereocenters. The second kappa shape index (κ2) is 5.72. The largest absolute Gasteiger partial charge is 0.370 e. The van der Waals surface area contributed by atoms with Crippen molar-refractivity contribution in [2.45, 2.75) is 65.3 Å². The van der Waals surface area contributed by atoms with Crippen LogP contribution >= 0.6 is 0 Å². The Kier molecular flexibility index (Phi) is 4.42. The third-order valence-corrected chi connectivity index (χ3v) is 5.07. The van der Waals surface area contributed by atoms with Gasteiger partial charge in [0, 0.05) is 6.54 Å². The van der Waals surface area contributed by atoms with Gasteiger partial charge in [-0.2, -0.15) is 0 Å². The van der Waals surface area contributed by atoms with Crippen LogP contribution in [0.3, 0.4) is 0 Å². The van der Waals surface area contributed by atoms with E-state index in [2.05, 4.69) is 37.6 Å². The van der Waals surface area contributed by atoms with Crippen LogP contribution in [0.1, 0.15) is 59.8 Å². The minimum absolute atomic E-state index is 0.248. The Hall–Kier alpha value is -0.730. The minimum atomic E-state index is 0.248. The molecule has 1 saturated carbocycles. The standard InChI is InChI=1S/C16H31N3/c1-12(2)10-19-15(17)18-11-16(19)8-5-6-14(7-9-16)13(3)4/h12-14H,5-11H2,1-4H3,(H2,17,18). The van der Waals surface area contributed by atoms with Crippen LogP contribution in [0.4, 0.5) is 0 Å². The lowest BCUT2D eigenvalue weighted by atomic mass is 9.86. The molecule has 110 valence electrons. The van der Waals surface area contributed by atoms with Crippen molar-refractivity contribution < 1.29 is 0 Å². The first-order valence-electron chi connectivity index (χ1n) is 8.02. The van der Waals surface area contributed by atoms with Gasteiger partial charge in [-0.05, 0) is 37.0 Å². The summed E-state index contributed by atoms with van der Waals surface area (Å²) in [6.45, 7) is 11.3. The van der Waals surface area contributed by atoms with Crippen molar-refractivity contribution in [2.24, 2.45) is 28.5 Å². The first-order valence-corrected chi connectivity index (χ1v) is 8.02. The van der Waals surface area contributed by atoms with Crippen LogP contribution in [0.5, 0.6) is 0 Å². The Morgan fingerprint density at radius 2 is 2.00 bits per heavy atom. The highest BCUT2D eigenvalue weighted by atomic mass is 15.4. The van der Waals surface area contributed by atoms with E-state index in [1.54, 1.807) is 0 Å². The van der Waals surface area contributed by atoms with Gasteiger partial charge in [0.25, 0.3) is 0 Å². The predicted octanol–water partition coefficient (Wildman–Crippen LogP) is 3.25. The number of hydrogen-bond donors (Lipinski definition) is 1. The van der Waals surface area contributed by atoms with Crippen LogP contribution in [0.15, 0.2) is 4.99 Å². The van der Waals surface area contributed by atoms with Gasteiger partial charge in [-0.3, -0.25) is 4.99 Å². The Labute approximate surface area is 118 Å². The molecule has 19 heavy (non-hydrogen) atoms. The molecule has 0 radical (unpaired) electrons. The Morgan fingerprint density at radius 1 is 1.26 bits per heavy atom. The molecule has 0 aromatic heterocycles. The summed E-state index contributed by atoms with van der Waals surface area (Å²) >= 11 is 0. The minimum Gasteiger partial charge on any atom is -0.370 e. The zero-order valence-corrected chi connectivity index (χ0v) is 13.2. The van der Waals surface area contributed by atoms with Crippen LogP contribution in [-0.2, 0) is 0 Å². The molecule has 1 aliphatic heterocycles. The van der Waals surface area contributed by atoms with Crippen LogP contribution in [0, 0.1) is 17.8 Å². The molecule has 0 amide bonds. The van der Waals surface area contributed by atoms with Gasteiger partial charge in [0.2, 0.25) is 0 Å². The SMILES string of the molecule is CC(C)CN1C(N)=NCC12CCCC(C(C)C)CC2. The second-order valence-electron chi connectivity index (χ2n) is 7.34. The Bertz CT molecular complexity index is 335. The maximum atomic E-state index is 6.15. The molecule has 3 heteroatoms. The molecule has 1 aliphatic carbocycles. The zero-order chi connectivity index (χ0) is 14.0. The van der Waals surface area contributed by atoms with Crippen LogP contribution < -0.4 is 5.73 Å². The molecule has 0 aromatic carbocycles. The molecule has 0 saturated heterocycles. The molecule has 2 aliphatic rings. The molecule has 2 N–H and O–H groups in total.